The number of furan rings is 1. The van der Waals surface area contributed by atoms with Gasteiger partial charge in [-0.2, -0.15) is 0 Å². The fourth-order valence-corrected chi connectivity index (χ4v) is 1.52. The Morgan fingerprint density at radius 3 is 2.93 bits per heavy atom. The third-order valence-electron chi connectivity index (χ3n) is 1.96. The Balaban J connectivity index is 2.13. The van der Waals surface area contributed by atoms with Gasteiger partial charge in [0.25, 0.3) is 5.89 Å². The lowest BCUT2D eigenvalue weighted by molar-refractivity contribution is 0.477. The molecule has 0 fully saturated rings. The smallest absolute Gasteiger partial charge is 0.263 e. The predicted octanol–water partition coefficient (Wildman–Crippen LogP) is 2.46. The van der Waals surface area contributed by atoms with Gasteiger partial charge in [-0.3, -0.25) is 0 Å². The fourth-order valence-electron chi connectivity index (χ4n) is 1.21. The molecule has 0 aliphatic heterocycles. The van der Waals surface area contributed by atoms with E-state index in [-0.39, 0.29) is 0 Å². The number of nitrogens with one attached hydrogen (secondary N) is 1. The molecule has 2 rings (SSSR count). The lowest BCUT2D eigenvalue weighted by atomic mass is 10.3. The van der Waals surface area contributed by atoms with Gasteiger partial charge < -0.3 is 14.2 Å². The molecule has 0 bridgehead atoms. The number of oxazole rings is 1. The van der Waals surface area contributed by atoms with Gasteiger partial charge >= 0.3 is 0 Å². The Bertz CT molecular complexity index is 436. The summed E-state index contributed by atoms with van der Waals surface area (Å²) in [5.74, 6) is 2.01. The van der Waals surface area contributed by atoms with Crippen molar-refractivity contribution in [1.82, 2.24) is 10.3 Å². The molecule has 0 spiro atoms. The van der Waals surface area contributed by atoms with Gasteiger partial charge in [0.15, 0.2) is 10.4 Å². The summed E-state index contributed by atoms with van der Waals surface area (Å²) < 4.78 is 11.5. The first kappa shape index (κ1) is 10.4. The van der Waals surface area contributed by atoms with Crippen LogP contribution in [0.4, 0.5) is 0 Å². The molecule has 2 aromatic rings. The Morgan fingerprint density at radius 1 is 1.40 bits per heavy atom. The summed E-state index contributed by atoms with van der Waals surface area (Å²) in [5.41, 5.74) is 0. The van der Waals surface area contributed by atoms with E-state index in [0.717, 1.165) is 18.7 Å². The fraction of sp³-hybridized carbons (Fsp3) is 0.300. The zero-order valence-electron chi connectivity index (χ0n) is 8.29. The Labute approximate surface area is 95.8 Å². The first-order valence-electron chi connectivity index (χ1n) is 4.64. The topological polar surface area (TPSA) is 51.2 Å². The van der Waals surface area contributed by atoms with Crippen LogP contribution in [0.5, 0.6) is 0 Å². The maximum Gasteiger partial charge on any atom is 0.263 e. The Hall–Kier alpha value is -1.07. The van der Waals surface area contributed by atoms with Crippen molar-refractivity contribution >= 4 is 15.9 Å². The first-order valence-corrected chi connectivity index (χ1v) is 5.44. The van der Waals surface area contributed by atoms with Crippen molar-refractivity contribution in [2.75, 3.05) is 13.6 Å². The van der Waals surface area contributed by atoms with E-state index < -0.39 is 0 Å². The highest BCUT2D eigenvalue weighted by Gasteiger charge is 2.09. The van der Waals surface area contributed by atoms with Crippen LogP contribution in [-0.4, -0.2) is 18.6 Å². The van der Waals surface area contributed by atoms with E-state index in [1.807, 2.05) is 19.2 Å². The molecule has 0 amide bonds. The highest BCUT2D eigenvalue weighted by Crippen LogP contribution is 2.24. The molecular weight excluding hydrogens is 260 g/mol. The second kappa shape index (κ2) is 4.63. The average molecular weight is 271 g/mol. The molecule has 0 atom stereocenters. The average Bonchev–Trinajstić information content (AvgIpc) is 2.83. The number of rotatable bonds is 4. The van der Waals surface area contributed by atoms with Crippen LogP contribution in [-0.2, 0) is 6.42 Å². The minimum Gasteiger partial charge on any atom is -0.444 e. The number of nitrogens with zero attached hydrogens (tertiary/aromatic N) is 1. The molecule has 15 heavy (non-hydrogen) atoms. The molecule has 0 aromatic carbocycles. The van der Waals surface area contributed by atoms with E-state index in [1.165, 1.54) is 0 Å². The summed E-state index contributed by atoms with van der Waals surface area (Å²) in [6.45, 7) is 0.872. The minimum absolute atomic E-state index is 0.520. The van der Waals surface area contributed by atoms with Crippen LogP contribution in [0.3, 0.4) is 0 Å². The maximum absolute atomic E-state index is 5.52. The third kappa shape index (κ3) is 2.49. The zero-order valence-corrected chi connectivity index (χ0v) is 9.87. The monoisotopic (exact) mass is 270 g/mol. The predicted molar refractivity (Wildman–Crippen MR) is 59.5 cm³/mol. The van der Waals surface area contributed by atoms with Gasteiger partial charge in [0.2, 0.25) is 0 Å². The van der Waals surface area contributed by atoms with Crippen LogP contribution in [0.25, 0.3) is 11.7 Å². The van der Waals surface area contributed by atoms with Crippen molar-refractivity contribution in [3.05, 3.63) is 28.8 Å². The molecule has 5 heteroatoms. The van der Waals surface area contributed by atoms with Crippen molar-refractivity contribution in [3.8, 4) is 11.7 Å². The molecule has 2 aromatic heterocycles. The lowest BCUT2D eigenvalue weighted by Crippen LogP contribution is -2.09. The SMILES string of the molecule is CNCCc1cnc(-c2ccc(Br)o2)o1. The first-order chi connectivity index (χ1) is 7.29. The van der Waals surface area contributed by atoms with E-state index in [4.69, 9.17) is 8.83 Å². The molecule has 4 nitrogen and oxygen atoms in total. The van der Waals surface area contributed by atoms with E-state index in [0.29, 0.717) is 16.3 Å². The van der Waals surface area contributed by atoms with Gasteiger partial charge in [0, 0.05) is 13.0 Å². The quantitative estimate of drug-likeness (QED) is 0.928. The van der Waals surface area contributed by atoms with Gasteiger partial charge in [-0.25, -0.2) is 4.98 Å². The Kier molecular flexibility index (Phi) is 3.23. The number of likely N-dealkylation sites (N-methyl/N-ethyl adjacent to an activating group) is 1. The summed E-state index contributed by atoms with van der Waals surface area (Å²) >= 11 is 3.23. The zero-order chi connectivity index (χ0) is 10.7. The molecule has 0 saturated heterocycles. The molecule has 80 valence electrons. The third-order valence-corrected chi connectivity index (χ3v) is 2.39. The standard InChI is InChI=1S/C10H11BrN2O2/c1-12-5-4-7-6-13-10(14-7)8-2-3-9(11)15-8/h2-3,6,12H,4-5H2,1H3. The number of aromatic nitrogens is 1. The summed E-state index contributed by atoms with van der Waals surface area (Å²) in [7, 11) is 1.90. The number of hydrogen-bond donors (Lipinski definition) is 1. The summed E-state index contributed by atoms with van der Waals surface area (Å²) in [5, 5.41) is 3.05. The normalized spacial score (nSPS) is 10.8. The molecule has 0 aliphatic rings. The van der Waals surface area contributed by atoms with Gasteiger partial charge in [-0.1, -0.05) is 0 Å². The highest BCUT2D eigenvalue weighted by atomic mass is 79.9. The van der Waals surface area contributed by atoms with Crippen LogP contribution >= 0.6 is 15.9 Å². The largest absolute Gasteiger partial charge is 0.444 e. The van der Waals surface area contributed by atoms with Crippen molar-refractivity contribution in [3.63, 3.8) is 0 Å². The summed E-state index contributed by atoms with van der Waals surface area (Å²) in [4.78, 5) is 4.14. The van der Waals surface area contributed by atoms with Crippen LogP contribution in [0.15, 0.2) is 31.8 Å². The van der Waals surface area contributed by atoms with E-state index in [2.05, 4.69) is 26.2 Å². The number of halogens is 1. The van der Waals surface area contributed by atoms with Crippen LogP contribution in [0.2, 0.25) is 0 Å². The van der Waals surface area contributed by atoms with Crippen LogP contribution in [0.1, 0.15) is 5.76 Å². The van der Waals surface area contributed by atoms with Crippen molar-refractivity contribution in [2.45, 2.75) is 6.42 Å². The van der Waals surface area contributed by atoms with Gasteiger partial charge in [-0.05, 0) is 35.1 Å². The van der Waals surface area contributed by atoms with Crippen molar-refractivity contribution in [1.29, 1.82) is 0 Å². The molecule has 0 unspecified atom stereocenters. The van der Waals surface area contributed by atoms with Crippen LogP contribution in [0, 0.1) is 0 Å². The second-order valence-electron chi connectivity index (χ2n) is 3.09. The Morgan fingerprint density at radius 2 is 2.27 bits per heavy atom. The van der Waals surface area contributed by atoms with Gasteiger partial charge in [-0.15, -0.1) is 0 Å². The van der Waals surface area contributed by atoms with Crippen molar-refractivity contribution in [2.24, 2.45) is 0 Å². The second-order valence-corrected chi connectivity index (χ2v) is 3.87. The number of hydrogen-bond acceptors (Lipinski definition) is 4. The molecular formula is C10H11BrN2O2. The molecule has 2 heterocycles. The lowest BCUT2D eigenvalue weighted by Gasteiger charge is -1.93. The molecule has 0 radical (unpaired) electrons. The van der Waals surface area contributed by atoms with E-state index in [9.17, 15) is 0 Å². The van der Waals surface area contributed by atoms with Crippen LogP contribution < -0.4 is 5.32 Å². The van der Waals surface area contributed by atoms with E-state index >= 15 is 0 Å². The summed E-state index contributed by atoms with van der Waals surface area (Å²) in [6.07, 6.45) is 2.55. The molecule has 1 N–H and O–H groups in total. The van der Waals surface area contributed by atoms with E-state index in [1.54, 1.807) is 6.20 Å². The minimum atomic E-state index is 0.520. The van der Waals surface area contributed by atoms with Crippen molar-refractivity contribution < 1.29 is 8.83 Å². The maximum atomic E-state index is 5.52. The molecule has 0 saturated carbocycles. The molecule has 0 aliphatic carbocycles. The highest BCUT2D eigenvalue weighted by molar-refractivity contribution is 9.10. The van der Waals surface area contributed by atoms with Gasteiger partial charge in [0.1, 0.15) is 5.76 Å². The summed E-state index contributed by atoms with van der Waals surface area (Å²) in [6, 6.07) is 3.63. The van der Waals surface area contributed by atoms with Gasteiger partial charge in [0.05, 0.1) is 6.20 Å².